The SMILES string of the molecule is CC(C)CCCOC1CCCCC1. The molecule has 0 aromatic carbocycles. The molecule has 0 amide bonds. The maximum atomic E-state index is 5.83. The maximum Gasteiger partial charge on any atom is 0.0575 e. The first-order valence-electron chi connectivity index (χ1n) is 5.90. The van der Waals surface area contributed by atoms with E-state index in [0.29, 0.717) is 6.10 Å². The van der Waals surface area contributed by atoms with Crippen molar-refractivity contribution < 1.29 is 4.74 Å². The number of ether oxygens (including phenoxy) is 1. The predicted octanol–water partition coefficient (Wildman–Crippen LogP) is 3.77. The average molecular weight is 184 g/mol. The van der Waals surface area contributed by atoms with Crippen LogP contribution in [0.5, 0.6) is 0 Å². The fourth-order valence-corrected chi connectivity index (χ4v) is 1.97. The van der Waals surface area contributed by atoms with Crippen LogP contribution < -0.4 is 0 Å². The van der Waals surface area contributed by atoms with Gasteiger partial charge >= 0.3 is 0 Å². The Kier molecular flexibility index (Phi) is 5.45. The zero-order valence-corrected chi connectivity index (χ0v) is 9.22. The van der Waals surface area contributed by atoms with E-state index in [2.05, 4.69) is 13.8 Å². The molecule has 0 saturated heterocycles. The maximum absolute atomic E-state index is 5.83. The van der Waals surface area contributed by atoms with E-state index in [-0.39, 0.29) is 0 Å². The lowest BCUT2D eigenvalue weighted by molar-refractivity contribution is 0.0254. The molecule has 0 radical (unpaired) electrons. The molecule has 1 rings (SSSR count). The molecule has 13 heavy (non-hydrogen) atoms. The van der Waals surface area contributed by atoms with Gasteiger partial charge in [-0.05, 0) is 31.6 Å². The van der Waals surface area contributed by atoms with Crippen molar-refractivity contribution in [3.8, 4) is 0 Å². The molecule has 1 fully saturated rings. The predicted molar refractivity (Wildman–Crippen MR) is 56.9 cm³/mol. The highest BCUT2D eigenvalue weighted by Crippen LogP contribution is 2.20. The Bertz CT molecular complexity index is 114. The topological polar surface area (TPSA) is 9.23 Å². The Morgan fingerprint density at radius 2 is 1.85 bits per heavy atom. The van der Waals surface area contributed by atoms with E-state index in [4.69, 9.17) is 4.74 Å². The molecule has 1 heteroatoms. The Balaban J connectivity index is 1.92. The van der Waals surface area contributed by atoms with Crippen molar-refractivity contribution in [2.24, 2.45) is 5.92 Å². The highest BCUT2D eigenvalue weighted by molar-refractivity contribution is 4.64. The van der Waals surface area contributed by atoms with Crippen LogP contribution in [-0.4, -0.2) is 12.7 Å². The van der Waals surface area contributed by atoms with E-state index in [9.17, 15) is 0 Å². The first-order valence-corrected chi connectivity index (χ1v) is 5.90. The van der Waals surface area contributed by atoms with Crippen LogP contribution in [0.4, 0.5) is 0 Å². The number of hydrogen-bond acceptors (Lipinski definition) is 1. The van der Waals surface area contributed by atoms with Crippen LogP contribution in [0.15, 0.2) is 0 Å². The van der Waals surface area contributed by atoms with Gasteiger partial charge < -0.3 is 4.74 Å². The molecule has 0 heterocycles. The lowest BCUT2D eigenvalue weighted by Crippen LogP contribution is -2.17. The summed E-state index contributed by atoms with van der Waals surface area (Å²) < 4.78 is 5.83. The monoisotopic (exact) mass is 184 g/mol. The second-order valence-electron chi connectivity index (χ2n) is 4.67. The third-order valence-electron chi connectivity index (χ3n) is 2.83. The van der Waals surface area contributed by atoms with Crippen molar-refractivity contribution in [2.75, 3.05) is 6.61 Å². The Hall–Kier alpha value is -0.0400. The minimum atomic E-state index is 0.598. The van der Waals surface area contributed by atoms with Gasteiger partial charge in [0.25, 0.3) is 0 Å². The van der Waals surface area contributed by atoms with Gasteiger partial charge in [-0.3, -0.25) is 0 Å². The molecule has 0 bridgehead atoms. The fraction of sp³-hybridized carbons (Fsp3) is 1.00. The quantitative estimate of drug-likeness (QED) is 0.591. The second kappa shape index (κ2) is 6.42. The molecule has 0 N–H and O–H groups in total. The summed E-state index contributed by atoms with van der Waals surface area (Å²) in [6.45, 7) is 5.55. The van der Waals surface area contributed by atoms with Gasteiger partial charge in [-0.1, -0.05) is 33.1 Å². The first kappa shape index (κ1) is 11.0. The molecule has 0 aromatic rings. The van der Waals surface area contributed by atoms with Crippen LogP contribution in [0.3, 0.4) is 0 Å². The summed E-state index contributed by atoms with van der Waals surface area (Å²) in [6.07, 6.45) is 9.96. The van der Waals surface area contributed by atoms with Crippen molar-refractivity contribution in [1.82, 2.24) is 0 Å². The molecule has 1 nitrogen and oxygen atoms in total. The second-order valence-corrected chi connectivity index (χ2v) is 4.67. The summed E-state index contributed by atoms with van der Waals surface area (Å²) in [7, 11) is 0. The van der Waals surface area contributed by atoms with E-state index in [0.717, 1.165) is 12.5 Å². The van der Waals surface area contributed by atoms with Gasteiger partial charge in [0, 0.05) is 6.61 Å². The number of rotatable bonds is 5. The molecule has 0 spiro atoms. The molecule has 1 saturated carbocycles. The highest BCUT2D eigenvalue weighted by atomic mass is 16.5. The van der Waals surface area contributed by atoms with Crippen LogP contribution in [-0.2, 0) is 4.74 Å². The molecule has 78 valence electrons. The molecule has 0 atom stereocenters. The van der Waals surface area contributed by atoms with Crippen LogP contribution in [0, 0.1) is 5.92 Å². The van der Waals surface area contributed by atoms with Gasteiger partial charge in [0.05, 0.1) is 6.10 Å². The zero-order valence-electron chi connectivity index (χ0n) is 9.22. The van der Waals surface area contributed by atoms with Crippen LogP contribution in [0.1, 0.15) is 58.8 Å². The Morgan fingerprint density at radius 3 is 2.46 bits per heavy atom. The standard InChI is InChI=1S/C12H24O/c1-11(2)7-6-10-13-12-8-4-3-5-9-12/h11-12H,3-10H2,1-2H3. The van der Waals surface area contributed by atoms with E-state index in [1.165, 1.54) is 44.9 Å². The normalized spacial score (nSPS) is 19.6. The zero-order chi connectivity index (χ0) is 9.52. The Labute approximate surface area is 82.9 Å². The van der Waals surface area contributed by atoms with E-state index in [1.54, 1.807) is 0 Å². The van der Waals surface area contributed by atoms with Crippen molar-refractivity contribution in [1.29, 1.82) is 0 Å². The lowest BCUT2D eigenvalue weighted by atomic mass is 9.98. The van der Waals surface area contributed by atoms with Crippen molar-refractivity contribution in [3.05, 3.63) is 0 Å². The van der Waals surface area contributed by atoms with Gasteiger partial charge in [0.2, 0.25) is 0 Å². The van der Waals surface area contributed by atoms with Crippen LogP contribution in [0.25, 0.3) is 0 Å². The van der Waals surface area contributed by atoms with E-state index >= 15 is 0 Å². The summed E-state index contributed by atoms with van der Waals surface area (Å²) in [5, 5.41) is 0. The van der Waals surface area contributed by atoms with Gasteiger partial charge in [0.1, 0.15) is 0 Å². The molecule has 0 aromatic heterocycles. The molecule has 0 unspecified atom stereocenters. The third kappa shape index (κ3) is 5.30. The van der Waals surface area contributed by atoms with Crippen LogP contribution in [0.2, 0.25) is 0 Å². The van der Waals surface area contributed by atoms with Crippen molar-refractivity contribution >= 4 is 0 Å². The summed E-state index contributed by atoms with van der Waals surface area (Å²) in [6, 6.07) is 0. The molecule has 1 aliphatic rings. The van der Waals surface area contributed by atoms with Gasteiger partial charge in [-0.2, -0.15) is 0 Å². The number of hydrogen-bond donors (Lipinski definition) is 0. The van der Waals surface area contributed by atoms with Crippen molar-refractivity contribution in [3.63, 3.8) is 0 Å². The summed E-state index contributed by atoms with van der Waals surface area (Å²) in [4.78, 5) is 0. The van der Waals surface area contributed by atoms with Gasteiger partial charge in [-0.15, -0.1) is 0 Å². The minimum Gasteiger partial charge on any atom is -0.378 e. The third-order valence-corrected chi connectivity index (χ3v) is 2.83. The van der Waals surface area contributed by atoms with Crippen molar-refractivity contribution in [2.45, 2.75) is 64.9 Å². The summed E-state index contributed by atoms with van der Waals surface area (Å²) in [5.41, 5.74) is 0. The molecular formula is C12H24O. The van der Waals surface area contributed by atoms with Crippen LogP contribution >= 0.6 is 0 Å². The average Bonchev–Trinajstić information content (AvgIpc) is 2.14. The first-order chi connectivity index (χ1) is 6.29. The van der Waals surface area contributed by atoms with Gasteiger partial charge in [-0.25, -0.2) is 0 Å². The summed E-state index contributed by atoms with van der Waals surface area (Å²) in [5.74, 6) is 0.829. The minimum absolute atomic E-state index is 0.598. The van der Waals surface area contributed by atoms with E-state index in [1.807, 2.05) is 0 Å². The van der Waals surface area contributed by atoms with Gasteiger partial charge in [0.15, 0.2) is 0 Å². The highest BCUT2D eigenvalue weighted by Gasteiger charge is 2.12. The molecular weight excluding hydrogens is 160 g/mol. The fourth-order valence-electron chi connectivity index (χ4n) is 1.97. The smallest absolute Gasteiger partial charge is 0.0575 e. The lowest BCUT2D eigenvalue weighted by Gasteiger charge is -2.22. The van der Waals surface area contributed by atoms with E-state index < -0.39 is 0 Å². The molecule has 1 aliphatic carbocycles. The summed E-state index contributed by atoms with van der Waals surface area (Å²) >= 11 is 0. The largest absolute Gasteiger partial charge is 0.378 e. The Morgan fingerprint density at radius 1 is 1.15 bits per heavy atom. The molecule has 0 aliphatic heterocycles.